The second-order valence-electron chi connectivity index (χ2n) is 6.90. The fourth-order valence-corrected chi connectivity index (χ4v) is 5.11. The van der Waals surface area contributed by atoms with Crippen molar-refractivity contribution in [2.75, 3.05) is 25.2 Å². The number of thiophene rings is 1. The second kappa shape index (κ2) is 9.31. The molecule has 0 amide bonds. The summed E-state index contributed by atoms with van der Waals surface area (Å²) in [6, 6.07) is 15.9. The first-order chi connectivity index (χ1) is 14.6. The summed E-state index contributed by atoms with van der Waals surface area (Å²) in [7, 11) is 1.64. The molecule has 0 spiro atoms. The zero-order valence-electron chi connectivity index (χ0n) is 16.7. The molecular weight excluding hydrogens is 438 g/mol. The van der Waals surface area contributed by atoms with E-state index in [0.717, 1.165) is 11.4 Å². The second-order valence-corrected chi connectivity index (χ2v) is 9.01. The molecule has 8 heteroatoms. The van der Waals surface area contributed by atoms with Crippen LogP contribution in [0, 0.1) is 6.92 Å². The molecule has 1 aliphatic rings. The molecule has 3 aromatic rings. The van der Waals surface area contributed by atoms with E-state index in [1.54, 1.807) is 18.4 Å². The highest BCUT2D eigenvalue weighted by Crippen LogP contribution is 2.44. The standard InChI is InChI=1S/C22H22ClN3O2S2/c1-14-6-9-19(30-14)21-20(17-5-3-4-10-24-17)25-22(29)26(21)15-7-8-18(16(23)13-15)28-12-11-27-2/h3-10,13,20-21H,11-12H2,1-2H3,(H,25,29)/t20-,21+/m0/s1. The number of aryl methyl sites for hydroxylation is 1. The van der Waals surface area contributed by atoms with Crippen LogP contribution in [0.2, 0.25) is 5.02 Å². The van der Waals surface area contributed by atoms with Gasteiger partial charge >= 0.3 is 0 Å². The van der Waals surface area contributed by atoms with E-state index < -0.39 is 0 Å². The zero-order valence-corrected chi connectivity index (χ0v) is 19.1. The van der Waals surface area contributed by atoms with Crippen molar-refractivity contribution in [1.29, 1.82) is 0 Å². The Morgan fingerprint density at radius 1 is 1.20 bits per heavy atom. The largest absolute Gasteiger partial charge is 0.490 e. The van der Waals surface area contributed by atoms with Crippen molar-refractivity contribution in [3.05, 3.63) is 75.2 Å². The Hall–Kier alpha value is -2.19. The van der Waals surface area contributed by atoms with E-state index in [9.17, 15) is 0 Å². The van der Waals surface area contributed by atoms with Crippen molar-refractivity contribution in [2.24, 2.45) is 0 Å². The van der Waals surface area contributed by atoms with E-state index >= 15 is 0 Å². The third-order valence-electron chi connectivity index (χ3n) is 4.89. The van der Waals surface area contributed by atoms with Crippen LogP contribution in [0.5, 0.6) is 5.75 Å². The molecule has 0 unspecified atom stereocenters. The lowest BCUT2D eigenvalue weighted by atomic mass is 10.0. The maximum Gasteiger partial charge on any atom is 0.174 e. The molecule has 2 aromatic heterocycles. The highest BCUT2D eigenvalue weighted by atomic mass is 35.5. The minimum absolute atomic E-state index is 0.0255. The van der Waals surface area contributed by atoms with E-state index in [2.05, 4.69) is 34.3 Å². The summed E-state index contributed by atoms with van der Waals surface area (Å²) in [5, 5.41) is 4.64. The first-order valence-electron chi connectivity index (χ1n) is 9.57. The number of thiocarbonyl (C=S) groups is 1. The topological polar surface area (TPSA) is 46.6 Å². The average Bonchev–Trinajstić information content (AvgIpc) is 3.33. The van der Waals surface area contributed by atoms with Gasteiger partial charge in [-0.25, -0.2) is 0 Å². The summed E-state index contributed by atoms with van der Waals surface area (Å²) in [4.78, 5) is 9.16. The van der Waals surface area contributed by atoms with Crippen LogP contribution in [-0.2, 0) is 4.74 Å². The lowest BCUT2D eigenvalue weighted by Gasteiger charge is -2.27. The van der Waals surface area contributed by atoms with Gasteiger partial charge in [0.25, 0.3) is 0 Å². The van der Waals surface area contributed by atoms with Gasteiger partial charge in [0.2, 0.25) is 0 Å². The highest BCUT2D eigenvalue weighted by Gasteiger charge is 2.41. The van der Waals surface area contributed by atoms with Crippen LogP contribution in [-0.4, -0.2) is 30.4 Å². The fourth-order valence-electron chi connectivity index (χ4n) is 3.53. The monoisotopic (exact) mass is 459 g/mol. The van der Waals surface area contributed by atoms with Gasteiger partial charge in [-0.2, -0.15) is 0 Å². The lowest BCUT2D eigenvalue weighted by molar-refractivity contribution is 0.146. The molecule has 5 nitrogen and oxygen atoms in total. The normalized spacial score (nSPS) is 18.5. The number of aromatic nitrogens is 1. The fraction of sp³-hybridized carbons (Fsp3) is 0.273. The van der Waals surface area contributed by atoms with Crippen molar-refractivity contribution < 1.29 is 9.47 Å². The Labute approximate surface area is 190 Å². The third kappa shape index (κ3) is 4.30. The van der Waals surface area contributed by atoms with Crippen LogP contribution < -0.4 is 15.0 Å². The SMILES string of the molecule is COCCOc1ccc(N2C(=S)N[C@@H](c3ccccn3)[C@H]2c2ccc(C)s2)cc1Cl. The lowest BCUT2D eigenvalue weighted by Crippen LogP contribution is -2.29. The summed E-state index contributed by atoms with van der Waals surface area (Å²) in [5.74, 6) is 0.625. The van der Waals surface area contributed by atoms with Gasteiger partial charge in [0.1, 0.15) is 12.4 Å². The number of pyridine rings is 1. The van der Waals surface area contributed by atoms with Gasteiger partial charge in [0.05, 0.1) is 29.4 Å². The number of hydrogen-bond donors (Lipinski definition) is 1. The van der Waals surface area contributed by atoms with Gasteiger partial charge in [-0.15, -0.1) is 11.3 Å². The molecule has 0 aliphatic carbocycles. The maximum absolute atomic E-state index is 6.52. The molecule has 1 N–H and O–H groups in total. The summed E-state index contributed by atoms with van der Waals surface area (Å²) >= 11 is 14.0. The van der Waals surface area contributed by atoms with Gasteiger partial charge in [-0.05, 0) is 61.6 Å². The van der Waals surface area contributed by atoms with Gasteiger partial charge in [0, 0.05) is 28.7 Å². The predicted octanol–water partition coefficient (Wildman–Crippen LogP) is 5.31. The summed E-state index contributed by atoms with van der Waals surface area (Å²) in [6.07, 6.45) is 1.81. The summed E-state index contributed by atoms with van der Waals surface area (Å²) in [5.41, 5.74) is 1.86. The average molecular weight is 460 g/mol. The maximum atomic E-state index is 6.52. The number of halogens is 1. The van der Waals surface area contributed by atoms with E-state index in [-0.39, 0.29) is 12.1 Å². The molecule has 30 heavy (non-hydrogen) atoms. The number of rotatable bonds is 7. The van der Waals surface area contributed by atoms with Crippen molar-refractivity contribution in [3.63, 3.8) is 0 Å². The first-order valence-corrected chi connectivity index (χ1v) is 11.2. The van der Waals surface area contributed by atoms with E-state index in [1.807, 2.05) is 42.6 Å². The third-order valence-corrected chi connectivity index (χ3v) is 6.57. The molecule has 1 saturated heterocycles. The molecule has 0 radical (unpaired) electrons. The number of nitrogens with zero attached hydrogens (tertiary/aromatic N) is 2. The smallest absolute Gasteiger partial charge is 0.174 e. The Morgan fingerprint density at radius 3 is 2.73 bits per heavy atom. The molecule has 0 saturated carbocycles. The summed E-state index contributed by atoms with van der Waals surface area (Å²) in [6.45, 7) is 3.06. The molecule has 1 fully saturated rings. The molecular formula is C22H22ClN3O2S2. The van der Waals surface area contributed by atoms with Crippen molar-refractivity contribution in [1.82, 2.24) is 10.3 Å². The van der Waals surface area contributed by atoms with Crippen LogP contribution >= 0.6 is 35.2 Å². The number of nitrogens with one attached hydrogen (secondary N) is 1. The summed E-state index contributed by atoms with van der Waals surface area (Å²) < 4.78 is 10.7. The Kier molecular flexibility index (Phi) is 6.53. The molecule has 1 aromatic carbocycles. The predicted molar refractivity (Wildman–Crippen MR) is 126 cm³/mol. The number of anilines is 1. The number of ether oxygens (including phenoxy) is 2. The van der Waals surface area contributed by atoms with E-state index in [4.69, 9.17) is 33.3 Å². The minimum Gasteiger partial charge on any atom is -0.490 e. The van der Waals surface area contributed by atoms with Crippen LogP contribution in [0.15, 0.2) is 54.7 Å². The van der Waals surface area contributed by atoms with Crippen molar-refractivity contribution in [2.45, 2.75) is 19.0 Å². The van der Waals surface area contributed by atoms with Gasteiger partial charge < -0.3 is 19.7 Å². The zero-order chi connectivity index (χ0) is 21.1. The molecule has 1 aliphatic heterocycles. The quantitative estimate of drug-likeness (QED) is 0.381. The first kappa shape index (κ1) is 21.1. The van der Waals surface area contributed by atoms with Crippen LogP contribution in [0.25, 0.3) is 0 Å². The number of benzene rings is 1. The molecule has 0 bridgehead atoms. The number of hydrogen-bond acceptors (Lipinski definition) is 5. The van der Waals surface area contributed by atoms with Crippen LogP contribution in [0.3, 0.4) is 0 Å². The highest BCUT2D eigenvalue weighted by molar-refractivity contribution is 7.80. The molecule has 4 rings (SSSR count). The van der Waals surface area contributed by atoms with Crippen molar-refractivity contribution >= 4 is 46.0 Å². The van der Waals surface area contributed by atoms with Gasteiger partial charge in [-0.3, -0.25) is 4.98 Å². The Morgan fingerprint density at radius 2 is 2.07 bits per heavy atom. The Bertz CT molecular complexity index is 1030. The van der Waals surface area contributed by atoms with Crippen LogP contribution in [0.1, 0.15) is 27.5 Å². The Balaban J connectivity index is 1.70. The van der Waals surface area contributed by atoms with Gasteiger partial charge in [-0.1, -0.05) is 17.7 Å². The number of methoxy groups -OCH3 is 1. The van der Waals surface area contributed by atoms with Crippen molar-refractivity contribution in [3.8, 4) is 5.75 Å². The minimum atomic E-state index is -0.0619. The van der Waals surface area contributed by atoms with Gasteiger partial charge in [0.15, 0.2) is 5.11 Å². The molecule has 3 heterocycles. The molecule has 2 atom stereocenters. The van der Waals surface area contributed by atoms with Crippen LogP contribution in [0.4, 0.5) is 5.69 Å². The van der Waals surface area contributed by atoms with E-state index in [1.165, 1.54) is 9.75 Å². The molecule has 156 valence electrons. The van der Waals surface area contributed by atoms with E-state index in [0.29, 0.717) is 29.1 Å².